The van der Waals surface area contributed by atoms with Gasteiger partial charge in [0.15, 0.2) is 6.29 Å². The predicted molar refractivity (Wildman–Crippen MR) is 131 cm³/mol. The number of hydrogen-bond acceptors (Lipinski definition) is 3. The van der Waals surface area contributed by atoms with Crippen LogP contribution in [-0.4, -0.2) is 28.9 Å². The Morgan fingerprint density at radius 2 is 1.73 bits per heavy atom. The molecule has 0 saturated heterocycles. The zero-order valence-electron chi connectivity index (χ0n) is 19.6. The van der Waals surface area contributed by atoms with E-state index in [0.29, 0.717) is 12.1 Å². The van der Waals surface area contributed by atoms with Crippen LogP contribution in [0.1, 0.15) is 54.2 Å². The van der Waals surface area contributed by atoms with Gasteiger partial charge in [0.05, 0.1) is 0 Å². The first-order chi connectivity index (χ1) is 15.8. The lowest BCUT2D eigenvalue weighted by atomic mass is 9.88. The molecule has 1 amide bonds. The topological polar surface area (TPSA) is 46.6 Å². The minimum atomic E-state index is -0.550. The molecule has 1 atom stereocenters. The van der Waals surface area contributed by atoms with Crippen molar-refractivity contribution in [1.29, 1.82) is 0 Å². The van der Waals surface area contributed by atoms with Crippen LogP contribution in [0.15, 0.2) is 72.8 Å². The molecule has 33 heavy (non-hydrogen) atoms. The molecule has 4 rings (SSSR count). The molecule has 3 aromatic rings. The average molecular weight is 442 g/mol. The quantitative estimate of drug-likeness (QED) is 0.427. The van der Waals surface area contributed by atoms with E-state index in [1.54, 1.807) is 0 Å². The normalized spacial score (nSPS) is 15.6. The molecule has 4 heteroatoms. The van der Waals surface area contributed by atoms with Gasteiger partial charge < -0.3 is 9.64 Å². The number of fused-ring (bicyclic) bond motifs is 1. The molecule has 0 N–H and O–H groups in total. The Morgan fingerprint density at radius 3 is 2.45 bits per heavy atom. The van der Waals surface area contributed by atoms with E-state index < -0.39 is 5.60 Å². The van der Waals surface area contributed by atoms with Crippen LogP contribution in [0.5, 0.6) is 0 Å². The van der Waals surface area contributed by atoms with Gasteiger partial charge in [0.1, 0.15) is 5.60 Å². The van der Waals surface area contributed by atoms with Crippen LogP contribution in [-0.2, 0) is 24.1 Å². The summed E-state index contributed by atoms with van der Waals surface area (Å²) in [4.78, 5) is 26.6. The van der Waals surface area contributed by atoms with Gasteiger partial charge in [0.25, 0.3) is 0 Å². The molecular formula is C29H31NO3. The van der Waals surface area contributed by atoms with Crippen molar-refractivity contribution in [2.75, 3.05) is 0 Å². The Morgan fingerprint density at radius 1 is 1.00 bits per heavy atom. The van der Waals surface area contributed by atoms with Crippen LogP contribution < -0.4 is 0 Å². The van der Waals surface area contributed by atoms with Gasteiger partial charge in [-0.1, -0.05) is 66.7 Å². The van der Waals surface area contributed by atoms with Gasteiger partial charge in [-0.2, -0.15) is 0 Å². The maximum atomic E-state index is 13.2. The summed E-state index contributed by atoms with van der Waals surface area (Å²) in [5.41, 5.74) is 5.64. The van der Waals surface area contributed by atoms with Gasteiger partial charge in [-0.05, 0) is 73.9 Å². The number of carbonyl (C=O) groups excluding carboxylic acids is 2. The third-order valence-corrected chi connectivity index (χ3v) is 6.08. The first kappa shape index (κ1) is 22.8. The molecule has 1 unspecified atom stereocenters. The highest BCUT2D eigenvalue weighted by Crippen LogP contribution is 2.32. The second-order valence-corrected chi connectivity index (χ2v) is 9.68. The predicted octanol–water partition coefficient (Wildman–Crippen LogP) is 6.46. The average Bonchev–Trinajstić information content (AvgIpc) is 2.81. The molecule has 0 aliphatic carbocycles. The van der Waals surface area contributed by atoms with Crippen LogP contribution >= 0.6 is 0 Å². The number of aryl methyl sites for hydroxylation is 1. The van der Waals surface area contributed by atoms with Gasteiger partial charge in [-0.25, -0.2) is 4.79 Å². The lowest BCUT2D eigenvalue weighted by Crippen LogP contribution is -2.46. The molecule has 1 aliphatic heterocycles. The lowest BCUT2D eigenvalue weighted by molar-refractivity contribution is 0.0110. The van der Waals surface area contributed by atoms with Gasteiger partial charge in [-0.15, -0.1) is 0 Å². The highest BCUT2D eigenvalue weighted by molar-refractivity contribution is 5.87. The van der Waals surface area contributed by atoms with Crippen LogP contribution in [0.3, 0.4) is 0 Å². The number of aldehydes is 1. The second-order valence-electron chi connectivity index (χ2n) is 9.68. The maximum absolute atomic E-state index is 13.2. The maximum Gasteiger partial charge on any atom is 0.410 e. The Bertz CT molecular complexity index is 1130. The molecule has 4 nitrogen and oxygen atoms in total. The van der Waals surface area contributed by atoms with Gasteiger partial charge in [-0.3, -0.25) is 4.79 Å². The first-order valence-electron chi connectivity index (χ1n) is 11.5. The molecule has 0 aromatic heterocycles. The molecule has 170 valence electrons. The van der Waals surface area contributed by atoms with E-state index in [4.69, 9.17) is 4.74 Å². The summed E-state index contributed by atoms with van der Waals surface area (Å²) in [5, 5.41) is 0. The SMILES string of the molecule is CC(C)(C)OC(=O)N1Cc2cc(-c3ccccc3C=O)ccc2CC1CCc1ccccc1. The van der Waals surface area contributed by atoms with E-state index in [1.807, 2.05) is 56.0 Å². The molecule has 0 bridgehead atoms. The van der Waals surface area contributed by atoms with Gasteiger partial charge in [0, 0.05) is 18.2 Å². The monoisotopic (exact) mass is 441 g/mol. The lowest BCUT2D eigenvalue weighted by Gasteiger charge is -2.38. The zero-order valence-corrected chi connectivity index (χ0v) is 19.6. The fourth-order valence-electron chi connectivity index (χ4n) is 4.45. The van der Waals surface area contributed by atoms with Crippen molar-refractivity contribution < 1.29 is 14.3 Å². The Hall–Kier alpha value is -3.40. The van der Waals surface area contributed by atoms with Crippen molar-refractivity contribution >= 4 is 12.4 Å². The van der Waals surface area contributed by atoms with E-state index in [1.165, 1.54) is 11.1 Å². The number of nitrogens with zero attached hydrogens (tertiary/aromatic N) is 1. The number of ether oxygens (including phenoxy) is 1. The van der Waals surface area contributed by atoms with Crippen molar-refractivity contribution in [2.45, 2.75) is 58.2 Å². The molecule has 3 aromatic carbocycles. The molecule has 0 saturated carbocycles. The standard InChI is InChI=1S/C29H31NO3/c1-29(2,3)33-28(32)30-19-25-17-23(27-12-8-7-11-24(27)20-31)15-14-22(25)18-26(30)16-13-21-9-5-4-6-10-21/h4-12,14-15,17,20,26H,13,16,18-19H2,1-3H3. The van der Waals surface area contributed by atoms with Crippen molar-refractivity contribution in [2.24, 2.45) is 0 Å². The number of hydrogen-bond donors (Lipinski definition) is 0. The molecular weight excluding hydrogens is 410 g/mol. The summed E-state index contributed by atoms with van der Waals surface area (Å²) in [6, 6.07) is 24.4. The van der Waals surface area contributed by atoms with Gasteiger partial charge in [0.2, 0.25) is 0 Å². The summed E-state index contributed by atoms with van der Waals surface area (Å²) in [6.07, 6.45) is 3.19. The van der Waals surface area contributed by atoms with E-state index in [-0.39, 0.29) is 12.1 Å². The van der Waals surface area contributed by atoms with Crippen molar-refractivity contribution in [3.05, 3.63) is 95.1 Å². The summed E-state index contributed by atoms with van der Waals surface area (Å²) < 4.78 is 5.77. The largest absolute Gasteiger partial charge is 0.444 e. The number of benzene rings is 3. The smallest absolute Gasteiger partial charge is 0.410 e. The summed E-state index contributed by atoms with van der Waals surface area (Å²) >= 11 is 0. The van der Waals surface area contributed by atoms with Gasteiger partial charge >= 0.3 is 6.09 Å². The Labute approximate surface area is 196 Å². The third-order valence-electron chi connectivity index (χ3n) is 6.08. The molecule has 1 aliphatic rings. The minimum Gasteiger partial charge on any atom is -0.444 e. The zero-order chi connectivity index (χ0) is 23.4. The van der Waals surface area contributed by atoms with E-state index >= 15 is 0 Å². The fourth-order valence-corrected chi connectivity index (χ4v) is 4.45. The van der Waals surface area contributed by atoms with Crippen LogP contribution in [0.2, 0.25) is 0 Å². The summed E-state index contributed by atoms with van der Waals surface area (Å²) in [5.74, 6) is 0. The number of carbonyl (C=O) groups is 2. The van der Waals surface area contributed by atoms with E-state index in [9.17, 15) is 9.59 Å². The third kappa shape index (κ3) is 5.51. The summed E-state index contributed by atoms with van der Waals surface area (Å²) in [7, 11) is 0. The number of amides is 1. The molecule has 0 fully saturated rings. The van der Waals surface area contributed by atoms with E-state index in [2.05, 4.69) is 42.5 Å². The van der Waals surface area contributed by atoms with Crippen molar-refractivity contribution in [3.8, 4) is 11.1 Å². The van der Waals surface area contributed by atoms with Crippen molar-refractivity contribution in [3.63, 3.8) is 0 Å². The molecule has 0 spiro atoms. The Balaban J connectivity index is 1.63. The number of rotatable bonds is 5. The van der Waals surface area contributed by atoms with Crippen molar-refractivity contribution in [1.82, 2.24) is 4.90 Å². The minimum absolute atomic E-state index is 0.0701. The van der Waals surface area contributed by atoms with E-state index in [0.717, 1.165) is 42.2 Å². The molecule has 1 heterocycles. The fraction of sp³-hybridized carbons (Fsp3) is 0.310. The Kier molecular flexibility index (Phi) is 6.64. The first-order valence-corrected chi connectivity index (χ1v) is 11.5. The van der Waals surface area contributed by atoms with Crippen LogP contribution in [0.25, 0.3) is 11.1 Å². The summed E-state index contributed by atoms with van der Waals surface area (Å²) in [6.45, 7) is 6.20. The second kappa shape index (κ2) is 9.62. The highest BCUT2D eigenvalue weighted by atomic mass is 16.6. The highest BCUT2D eigenvalue weighted by Gasteiger charge is 2.32. The van der Waals surface area contributed by atoms with Crippen LogP contribution in [0, 0.1) is 0 Å². The molecule has 0 radical (unpaired) electrons. The van der Waals surface area contributed by atoms with Crippen LogP contribution in [0.4, 0.5) is 4.79 Å².